The summed E-state index contributed by atoms with van der Waals surface area (Å²) in [4.78, 5) is 4.46. The minimum Gasteiger partial charge on any atom is -0.493 e. The fraction of sp³-hybridized carbons (Fsp3) is 0.400. The number of nitrogens with two attached hydrogens (primary N) is 1. The van der Waals surface area contributed by atoms with Gasteiger partial charge in [-0.25, -0.2) is 4.98 Å². The van der Waals surface area contributed by atoms with E-state index in [9.17, 15) is 0 Å². The van der Waals surface area contributed by atoms with Gasteiger partial charge in [0.1, 0.15) is 11.5 Å². The van der Waals surface area contributed by atoms with Crippen LogP contribution in [-0.4, -0.2) is 23.8 Å². The molecule has 0 spiro atoms. The summed E-state index contributed by atoms with van der Waals surface area (Å²) in [5.41, 5.74) is 7.72. The highest BCUT2D eigenvalue weighted by Gasteiger charge is 2.21. The quantitative estimate of drug-likeness (QED) is 0.914. The molecule has 0 unspecified atom stereocenters. The Balaban J connectivity index is 2.60. The number of anilines is 1. The average molecular weight is 354 g/mol. The summed E-state index contributed by atoms with van der Waals surface area (Å²) in [7, 11) is 3.21. The number of nitrogens with zero attached hydrogens (tertiary/aromatic N) is 2. The van der Waals surface area contributed by atoms with Crippen LogP contribution in [0, 0.1) is 0 Å². The van der Waals surface area contributed by atoms with Crippen molar-refractivity contribution in [2.24, 2.45) is 0 Å². The Labute approximate surface area is 133 Å². The summed E-state index contributed by atoms with van der Waals surface area (Å²) in [5.74, 6) is 1.91. The Kier molecular flexibility index (Phi) is 4.18. The van der Waals surface area contributed by atoms with Gasteiger partial charge >= 0.3 is 0 Å². The van der Waals surface area contributed by atoms with Crippen LogP contribution in [0.15, 0.2) is 22.9 Å². The van der Waals surface area contributed by atoms with Crippen molar-refractivity contribution in [2.45, 2.75) is 26.3 Å². The molecule has 6 heteroatoms. The Bertz CT molecular complexity index is 660. The molecule has 0 atom stereocenters. The van der Waals surface area contributed by atoms with Crippen molar-refractivity contribution in [2.75, 3.05) is 20.0 Å². The summed E-state index contributed by atoms with van der Waals surface area (Å²) >= 11 is 3.54. The molecule has 0 aliphatic rings. The van der Waals surface area contributed by atoms with Crippen LogP contribution in [0.1, 0.15) is 20.8 Å². The van der Waals surface area contributed by atoms with E-state index in [0.717, 1.165) is 15.7 Å². The van der Waals surface area contributed by atoms with Gasteiger partial charge in [-0.05, 0) is 48.8 Å². The molecule has 0 saturated carbocycles. The third kappa shape index (κ3) is 2.85. The maximum atomic E-state index is 6.26. The molecule has 0 saturated heterocycles. The van der Waals surface area contributed by atoms with Gasteiger partial charge < -0.3 is 19.8 Å². The van der Waals surface area contributed by atoms with Crippen LogP contribution in [-0.2, 0) is 5.54 Å². The second kappa shape index (κ2) is 5.60. The normalized spacial score (nSPS) is 11.5. The second-order valence-electron chi connectivity index (χ2n) is 5.71. The standard InChI is InChI=1S/C15H20BrN3O2/c1-15(2,3)19-8-18-13(14(19)17)9-6-11(20-4)12(21-5)7-10(9)16/h6-8H,17H2,1-5H3. The number of nitrogen functional groups attached to an aromatic ring is 1. The van der Waals surface area contributed by atoms with Gasteiger partial charge in [0, 0.05) is 15.6 Å². The van der Waals surface area contributed by atoms with Crippen molar-refractivity contribution >= 4 is 21.7 Å². The topological polar surface area (TPSA) is 62.3 Å². The van der Waals surface area contributed by atoms with Crippen LogP contribution in [0.2, 0.25) is 0 Å². The molecular formula is C15H20BrN3O2. The third-order valence-electron chi connectivity index (χ3n) is 3.26. The van der Waals surface area contributed by atoms with Crippen molar-refractivity contribution in [3.63, 3.8) is 0 Å². The average Bonchev–Trinajstić information content (AvgIpc) is 2.80. The van der Waals surface area contributed by atoms with E-state index in [1.54, 1.807) is 20.5 Å². The highest BCUT2D eigenvalue weighted by atomic mass is 79.9. The predicted molar refractivity (Wildman–Crippen MR) is 87.9 cm³/mol. The maximum Gasteiger partial charge on any atom is 0.161 e. The minimum atomic E-state index is -0.127. The number of ether oxygens (including phenoxy) is 2. The fourth-order valence-electron chi connectivity index (χ4n) is 2.14. The first-order chi connectivity index (χ1) is 9.79. The molecule has 0 fully saturated rings. The first-order valence-corrected chi connectivity index (χ1v) is 7.34. The van der Waals surface area contributed by atoms with Crippen molar-refractivity contribution in [1.82, 2.24) is 9.55 Å². The molecule has 2 N–H and O–H groups in total. The summed E-state index contributed by atoms with van der Waals surface area (Å²) in [5, 5.41) is 0. The van der Waals surface area contributed by atoms with Gasteiger partial charge in [-0.15, -0.1) is 0 Å². The number of halogens is 1. The molecule has 114 valence electrons. The Morgan fingerprint density at radius 1 is 1.14 bits per heavy atom. The first-order valence-electron chi connectivity index (χ1n) is 6.54. The molecular weight excluding hydrogens is 334 g/mol. The Hall–Kier alpha value is -1.69. The predicted octanol–water partition coefficient (Wildman–Crippen LogP) is 3.67. The number of benzene rings is 1. The van der Waals surface area contributed by atoms with Gasteiger partial charge in [0.15, 0.2) is 11.5 Å². The highest BCUT2D eigenvalue weighted by molar-refractivity contribution is 9.10. The van der Waals surface area contributed by atoms with Crippen molar-refractivity contribution in [3.05, 3.63) is 22.9 Å². The van der Waals surface area contributed by atoms with Crippen LogP contribution in [0.5, 0.6) is 11.5 Å². The lowest BCUT2D eigenvalue weighted by molar-refractivity contribution is 0.355. The molecule has 2 aromatic rings. The Morgan fingerprint density at radius 3 is 2.19 bits per heavy atom. The van der Waals surface area contributed by atoms with E-state index in [1.165, 1.54) is 0 Å². The summed E-state index contributed by atoms with van der Waals surface area (Å²) in [6.07, 6.45) is 1.76. The molecule has 0 amide bonds. The number of hydrogen-bond donors (Lipinski definition) is 1. The molecule has 5 nitrogen and oxygen atoms in total. The van der Waals surface area contributed by atoms with E-state index >= 15 is 0 Å². The summed E-state index contributed by atoms with van der Waals surface area (Å²) < 4.78 is 13.4. The van der Waals surface area contributed by atoms with Crippen molar-refractivity contribution in [1.29, 1.82) is 0 Å². The fourth-order valence-corrected chi connectivity index (χ4v) is 2.65. The van der Waals surface area contributed by atoms with Crippen molar-refractivity contribution < 1.29 is 9.47 Å². The van der Waals surface area contributed by atoms with E-state index < -0.39 is 0 Å². The van der Waals surface area contributed by atoms with Crippen LogP contribution in [0.4, 0.5) is 5.82 Å². The molecule has 1 aromatic carbocycles. The molecule has 0 aliphatic heterocycles. The zero-order valence-corrected chi connectivity index (χ0v) is 14.5. The monoisotopic (exact) mass is 353 g/mol. The molecule has 1 heterocycles. The lowest BCUT2D eigenvalue weighted by atomic mass is 10.1. The Morgan fingerprint density at radius 2 is 1.71 bits per heavy atom. The lowest BCUT2D eigenvalue weighted by Gasteiger charge is -2.22. The van der Waals surface area contributed by atoms with E-state index in [4.69, 9.17) is 15.2 Å². The first kappa shape index (κ1) is 15.7. The molecule has 0 radical (unpaired) electrons. The molecule has 2 rings (SSSR count). The molecule has 0 bridgehead atoms. The highest BCUT2D eigenvalue weighted by Crippen LogP contribution is 2.40. The lowest BCUT2D eigenvalue weighted by Crippen LogP contribution is -2.22. The van der Waals surface area contributed by atoms with Crippen molar-refractivity contribution in [3.8, 4) is 22.8 Å². The van der Waals surface area contributed by atoms with Gasteiger partial charge in [0.05, 0.1) is 20.5 Å². The van der Waals surface area contributed by atoms with E-state index in [2.05, 4.69) is 41.7 Å². The number of hydrogen-bond acceptors (Lipinski definition) is 4. The number of aromatic nitrogens is 2. The van der Waals surface area contributed by atoms with E-state index in [1.807, 2.05) is 16.7 Å². The summed E-state index contributed by atoms with van der Waals surface area (Å²) in [6.45, 7) is 6.25. The van der Waals surface area contributed by atoms with Crippen LogP contribution in [0.25, 0.3) is 11.3 Å². The summed E-state index contributed by atoms with van der Waals surface area (Å²) in [6, 6.07) is 3.72. The second-order valence-corrected chi connectivity index (χ2v) is 6.56. The zero-order valence-electron chi connectivity index (χ0n) is 12.9. The van der Waals surface area contributed by atoms with E-state index in [0.29, 0.717) is 17.3 Å². The van der Waals surface area contributed by atoms with Gasteiger partial charge in [0.25, 0.3) is 0 Å². The van der Waals surface area contributed by atoms with Gasteiger partial charge in [-0.3, -0.25) is 0 Å². The smallest absolute Gasteiger partial charge is 0.161 e. The zero-order chi connectivity index (χ0) is 15.8. The SMILES string of the molecule is COc1cc(Br)c(-c2ncn(C(C)(C)C)c2N)cc1OC. The minimum absolute atomic E-state index is 0.127. The van der Waals surface area contributed by atoms with Gasteiger partial charge in [0.2, 0.25) is 0 Å². The molecule has 0 aliphatic carbocycles. The number of imidazole rings is 1. The molecule has 1 aromatic heterocycles. The van der Waals surface area contributed by atoms with Crippen LogP contribution < -0.4 is 15.2 Å². The third-order valence-corrected chi connectivity index (χ3v) is 3.91. The van der Waals surface area contributed by atoms with E-state index in [-0.39, 0.29) is 5.54 Å². The van der Waals surface area contributed by atoms with Crippen LogP contribution in [0.3, 0.4) is 0 Å². The maximum absolute atomic E-state index is 6.26. The number of rotatable bonds is 3. The van der Waals surface area contributed by atoms with Gasteiger partial charge in [-0.1, -0.05) is 0 Å². The van der Waals surface area contributed by atoms with Crippen LogP contribution >= 0.6 is 15.9 Å². The number of methoxy groups -OCH3 is 2. The van der Waals surface area contributed by atoms with Gasteiger partial charge in [-0.2, -0.15) is 0 Å². The largest absolute Gasteiger partial charge is 0.493 e. The molecule has 21 heavy (non-hydrogen) atoms.